The van der Waals surface area contributed by atoms with Crippen LogP contribution in [0.1, 0.15) is 6.92 Å². The molecule has 1 saturated heterocycles. The highest BCUT2D eigenvalue weighted by Crippen LogP contribution is 2.32. The molecule has 0 unspecified atom stereocenters. The molecule has 0 radical (unpaired) electrons. The Bertz CT molecular complexity index is 487. The van der Waals surface area contributed by atoms with Crippen molar-refractivity contribution in [1.29, 1.82) is 0 Å². The van der Waals surface area contributed by atoms with E-state index in [1.54, 1.807) is 24.2 Å². The Balaban J connectivity index is 2.72. The molecule has 0 bridgehead atoms. The molecule has 0 saturated carbocycles. The smallest absolute Gasteiger partial charge is 0.214 e. The van der Waals surface area contributed by atoms with Crippen molar-refractivity contribution in [1.82, 2.24) is 4.90 Å². The van der Waals surface area contributed by atoms with E-state index < -0.39 is 24.0 Å². The molecular weight excluding hydrogens is 288 g/mol. The van der Waals surface area contributed by atoms with E-state index in [-0.39, 0.29) is 12.6 Å². The number of allylic oxidation sites excluding steroid dienone is 2. The average Bonchev–Trinajstić information content (AvgIpc) is 2.72. The van der Waals surface area contributed by atoms with Gasteiger partial charge in [-0.05, 0) is 18.6 Å². The summed E-state index contributed by atoms with van der Waals surface area (Å²) < 4.78 is 5.47. The van der Waals surface area contributed by atoms with E-state index in [0.29, 0.717) is 5.57 Å². The highest BCUT2D eigenvalue weighted by Gasteiger charge is 2.53. The number of ether oxygens (including phenoxy) is 1. The number of nitrogens with two attached hydrogens (primary N) is 1. The van der Waals surface area contributed by atoms with E-state index in [1.165, 1.54) is 20.2 Å². The van der Waals surface area contributed by atoms with E-state index in [1.807, 2.05) is 0 Å². The molecule has 1 rings (SSSR count). The predicted molar refractivity (Wildman–Crippen MR) is 84.5 cm³/mol. The number of likely N-dealkylation sites (N-methyl/N-ethyl adjacent to an activating group) is 1. The third-order valence-corrected chi connectivity index (χ3v) is 3.42. The van der Waals surface area contributed by atoms with E-state index in [2.05, 4.69) is 16.6 Å². The fraction of sp³-hybridized carbons (Fsp3) is 0.571. The van der Waals surface area contributed by atoms with Crippen LogP contribution in [0.3, 0.4) is 0 Å². The monoisotopic (exact) mass is 312 g/mol. The molecule has 0 amide bonds. The highest BCUT2D eigenvalue weighted by molar-refractivity contribution is 5.93. The molecule has 1 aliphatic rings. The van der Waals surface area contributed by atoms with Crippen LogP contribution in [0.4, 0.5) is 0 Å². The van der Waals surface area contributed by atoms with Crippen molar-refractivity contribution >= 4 is 12.2 Å². The Morgan fingerprint density at radius 2 is 2.18 bits per heavy atom. The van der Waals surface area contributed by atoms with Crippen molar-refractivity contribution in [3.8, 4) is 0 Å². The lowest BCUT2D eigenvalue weighted by molar-refractivity contribution is -0.112. The van der Waals surface area contributed by atoms with Gasteiger partial charge in [-0.25, -0.2) is 4.99 Å². The summed E-state index contributed by atoms with van der Waals surface area (Å²) in [5.41, 5.74) is 4.48. The van der Waals surface area contributed by atoms with Crippen molar-refractivity contribution in [2.24, 2.45) is 15.7 Å². The molecular formula is C14H24N4O4. The van der Waals surface area contributed by atoms with E-state index in [9.17, 15) is 10.2 Å². The topological polar surface area (TPSA) is 124 Å². The zero-order valence-corrected chi connectivity index (χ0v) is 13.0. The summed E-state index contributed by atoms with van der Waals surface area (Å²) >= 11 is 0. The molecule has 8 heteroatoms. The molecule has 0 aromatic rings. The summed E-state index contributed by atoms with van der Waals surface area (Å²) in [4.78, 5) is 9.12. The number of aliphatic hydroxyl groups excluding tert-OH is 2. The zero-order chi connectivity index (χ0) is 16.9. The summed E-state index contributed by atoms with van der Waals surface area (Å²) in [7, 11) is 3.20. The van der Waals surface area contributed by atoms with Crippen LogP contribution in [-0.2, 0) is 4.74 Å². The SMILES string of the molecule is C=C(/C=C\N(C)[C@@H]1O[C@H](CO)[C@@H](O)[C@@]1(C)O)/C=N\C(N)=N/C. The van der Waals surface area contributed by atoms with Crippen molar-refractivity contribution in [2.75, 3.05) is 20.7 Å². The lowest BCUT2D eigenvalue weighted by Crippen LogP contribution is -2.50. The minimum Gasteiger partial charge on any atom is -0.394 e. The summed E-state index contributed by atoms with van der Waals surface area (Å²) in [5.74, 6) is 0.138. The van der Waals surface area contributed by atoms with Crippen LogP contribution >= 0.6 is 0 Å². The third kappa shape index (κ3) is 4.14. The van der Waals surface area contributed by atoms with Crippen LogP contribution in [0.5, 0.6) is 0 Å². The van der Waals surface area contributed by atoms with E-state index >= 15 is 0 Å². The summed E-state index contributed by atoms with van der Waals surface area (Å²) in [6.07, 6.45) is 1.91. The first-order valence-electron chi connectivity index (χ1n) is 6.76. The number of hydrogen-bond acceptors (Lipinski definition) is 6. The first kappa shape index (κ1) is 18.3. The number of guanidine groups is 1. The van der Waals surface area contributed by atoms with Crippen molar-refractivity contribution < 1.29 is 20.1 Å². The third-order valence-electron chi connectivity index (χ3n) is 3.42. The number of hydrogen-bond donors (Lipinski definition) is 4. The van der Waals surface area contributed by atoms with Crippen LogP contribution in [0.25, 0.3) is 0 Å². The Hall–Kier alpha value is -1.74. The van der Waals surface area contributed by atoms with Crippen molar-refractivity contribution in [2.45, 2.75) is 31.0 Å². The van der Waals surface area contributed by atoms with Crippen LogP contribution in [0.15, 0.2) is 34.4 Å². The lowest BCUT2D eigenvalue weighted by atomic mass is 9.96. The van der Waals surface area contributed by atoms with Gasteiger partial charge >= 0.3 is 0 Å². The second-order valence-electron chi connectivity index (χ2n) is 5.28. The minimum atomic E-state index is -1.51. The molecule has 0 spiro atoms. The van der Waals surface area contributed by atoms with Gasteiger partial charge in [0.15, 0.2) is 6.23 Å². The largest absolute Gasteiger partial charge is 0.394 e. The van der Waals surface area contributed by atoms with Crippen LogP contribution in [-0.4, -0.2) is 77.1 Å². The fourth-order valence-corrected chi connectivity index (χ4v) is 2.09. The molecule has 1 fully saturated rings. The number of rotatable bonds is 5. The van der Waals surface area contributed by atoms with Gasteiger partial charge in [0.1, 0.15) is 17.8 Å². The van der Waals surface area contributed by atoms with Gasteiger partial charge in [0.2, 0.25) is 5.96 Å². The van der Waals surface area contributed by atoms with Gasteiger partial charge in [-0.2, -0.15) is 0 Å². The van der Waals surface area contributed by atoms with Crippen molar-refractivity contribution in [3.63, 3.8) is 0 Å². The molecule has 1 aliphatic heterocycles. The van der Waals surface area contributed by atoms with Gasteiger partial charge in [0.25, 0.3) is 0 Å². The van der Waals surface area contributed by atoms with Gasteiger partial charge in [-0.15, -0.1) is 0 Å². The minimum absolute atomic E-state index is 0.138. The highest BCUT2D eigenvalue weighted by atomic mass is 16.6. The Morgan fingerprint density at radius 3 is 2.68 bits per heavy atom. The maximum atomic E-state index is 10.3. The molecule has 0 aromatic carbocycles. The maximum absolute atomic E-state index is 10.3. The van der Waals surface area contributed by atoms with Crippen molar-refractivity contribution in [3.05, 3.63) is 24.4 Å². The van der Waals surface area contributed by atoms with Crippen LogP contribution in [0, 0.1) is 0 Å². The van der Waals surface area contributed by atoms with E-state index in [4.69, 9.17) is 15.6 Å². The number of aliphatic imine (C=N–C) groups is 2. The van der Waals surface area contributed by atoms with Crippen LogP contribution in [0.2, 0.25) is 0 Å². The Kier molecular flexibility index (Phi) is 6.24. The molecule has 0 aliphatic carbocycles. The Labute approximate surface area is 129 Å². The maximum Gasteiger partial charge on any atom is 0.214 e. The normalized spacial score (nSPS) is 33.0. The first-order valence-corrected chi connectivity index (χ1v) is 6.76. The number of nitrogens with zero attached hydrogens (tertiary/aromatic N) is 3. The van der Waals surface area contributed by atoms with Gasteiger partial charge in [-0.3, -0.25) is 4.99 Å². The first-order chi connectivity index (χ1) is 10.2. The Morgan fingerprint density at radius 1 is 1.55 bits per heavy atom. The summed E-state index contributed by atoms with van der Waals surface area (Å²) in [6.45, 7) is 4.86. The quantitative estimate of drug-likeness (QED) is 0.288. The zero-order valence-electron chi connectivity index (χ0n) is 13.0. The van der Waals surface area contributed by atoms with Gasteiger partial charge in [0.05, 0.1) is 6.61 Å². The number of aliphatic hydroxyl groups is 3. The molecule has 4 atom stereocenters. The molecule has 0 aromatic heterocycles. The summed E-state index contributed by atoms with van der Waals surface area (Å²) in [6, 6.07) is 0. The predicted octanol–water partition coefficient (Wildman–Crippen LogP) is -1.17. The fourth-order valence-electron chi connectivity index (χ4n) is 2.09. The van der Waals surface area contributed by atoms with Crippen LogP contribution < -0.4 is 5.73 Å². The second kappa shape index (κ2) is 7.50. The van der Waals surface area contributed by atoms with Gasteiger partial charge in [-0.1, -0.05) is 6.58 Å². The standard InChI is InChI=1S/C14H24N4O4/c1-9(7-17-13(15)16-3)5-6-18(4)12-14(2,21)11(20)10(8-19)22-12/h5-7,10-12,19-21H,1,8H2,2-4H3,(H2,15,16)/b6-5-,17-7-/t10-,11-,12-,14-/m1/s1. The molecule has 22 heavy (non-hydrogen) atoms. The van der Waals surface area contributed by atoms with Gasteiger partial charge < -0.3 is 30.7 Å². The van der Waals surface area contributed by atoms with Gasteiger partial charge in [0, 0.05) is 26.5 Å². The average molecular weight is 312 g/mol. The molecule has 5 N–H and O–H groups in total. The summed E-state index contributed by atoms with van der Waals surface area (Å²) in [5, 5.41) is 29.4. The lowest BCUT2D eigenvalue weighted by Gasteiger charge is -2.32. The molecule has 124 valence electrons. The molecule has 1 heterocycles. The second-order valence-corrected chi connectivity index (χ2v) is 5.28. The molecule has 8 nitrogen and oxygen atoms in total. The van der Waals surface area contributed by atoms with E-state index in [0.717, 1.165) is 0 Å².